The maximum Gasteiger partial charge on any atom is 0.265 e. The standard InChI is InChI=1S/C18H19NO5S/c20-15-10-11-18(12-15,17(21)19-22)25(23,24)16-8-6-14(7-9-16)13-4-2-1-3-5-13/h1-9,15,20,22H,10-12H2,(H,19,21). The lowest BCUT2D eigenvalue weighted by atomic mass is 10.1. The van der Waals surface area contributed by atoms with Crippen LogP contribution in [-0.2, 0) is 14.6 Å². The number of aliphatic hydroxyl groups excluding tert-OH is 1. The first-order valence-corrected chi connectivity index (χ1v) is 9.42. The van der Waals surface area contributed by atoms with Gasteiger partial charge in [-0.25, -0.2) is 13.9 Å². The second kappa shape index (κ2) is 6.59. The Balaban J connectivity index is 2.00. The molecule has 0 radical (unpaired) electrons. The Morgan fingerprint density at radius 3 is 2.16 bits per heavy atom. The zero-order chi connectivity index (χ0) is 18.1. The van der Waals surface area contributed by atoms with E-state index in [9.17, 15) is 18.3 Å². The fourth-order valence-corrected chi connectivity index (χ4v) is 5.38. The maximum atomic E-state index is 13.1. The van der Waals surface area contributed by atoms with E-state index in [0.717, 1.165) is 11.1 Å². The van der Waals surface area contributed by atoms with Crippen molar-refractivity contribution in [3.8, 4) is 11.1 Å². The lowest BCUT2D eigenvalue weighted by Crippen LogP contribution is -2.50. The Hall–Kier alpha value is -2.22. The van der Waals surface area contributed by atoms with E-state index in [0.29, 0.717) is 0 Å². The number of sulfone groups is 1. The highest BCUT2D eigenvalue weighted by atomic mass is 32.2. The van der Waals surface area contributed by atoms with Gasteiger partial charge >= 0.3 is 0 Å². The van der Waals surface area contributed by atoms with Crippen molar-refractivity contribution in [1.29, 1.82) is 0 Å². The number of amides is 1. The van der Waals surface area contributed by atoms with Gasteiger partial charge in [0.25, 0.3) is 5.91 Å². The second-order valence-corrected chi connectivity index (χ2v) is 8.49. The topological polar surface area (TPSA) is 104 Å². The molecule has 0 bridgehead atoms. The van der Waals surface area contributed by atoms with Gasteiger partial charge in [0.2, 0.25) is 0 Å². The van der Waals surface area contributed by atoms with Crippen molar-refractivity contribution in [2.75, 3.05) is 0 Å². The maximum absolute atomic E-state index is 13.1. The molecule has 2 aromatic rings. The van der Waals surface area contributed by atoms with Crippen LogP contribution in [0.25, 0.3) is 11.1 Å². The van der Waals surface area contributed by atoms with Crippen LogP contribution in [0.15, 0.2) is 59.5 Å². The Kier molecular flexibility index (Phi) is 4.64. The molecule has 1 amide bonds. The summed E-state index contributed by atoms with van der Waals surface area (Å²) in [7, 11) is -4.08. The number of hydrogen-bond acceptors (Lipinski definition) is 5. The van der Waals surface area contributed by atoms with Crippen LogP contribution in [0.3, 0.4) is 0 Å². The minimum Gasteiger partial charge on any atom is -0.393 e. The van der Waals surface area contributed by atoms with E-state index < -0.39 is 26.6 Å². The van der Waals surface area contributed by atoms with Gasteiger partial charge in [0.15, 0.2) is 14.6 Å². The van der Waals surface area contributed by atoms with Gasteiger partial charge in [-0.2, -0.15) is 0 Å². The number of hydroxylamine groups is 1. The van der Waals surface area contributed by atoms with E-state index in [1.165, 1.54) is 17.6 Å². The Labute approximate surface area is 146 Å². The summed E-state index contributed by atoms with van der Waals surface area (Å²) in [6.07, 6.45) is -0.976. The van der Waals surface area contributed by atoms with Crippen LogP contribution in [0, 0.1) is 0 Å². The molecule has 7 heteroatoms. The van der Waals surface area contributed by atoms with E-state index >= 15 is 0 Å². The summed E-state index contributed by atoms with van der Waals surface area (Å²) in [6.45, 7) is 0. The van der Waals surface area contributed by atoms with Crippen LogP contribution in [0.5, 0.6) is 0 Å². The zero-order valence-corrected chi connectivity index (χ0v) is 14.2. The first-order valence-electron chi connectivity index (χ1n) is 7.93. The van der Waals surface area contributed by atoms with Gasteiger partial charge in [0.1, 0.15) is 0 Å². The third-order valence-electron chi connectivity index (χ3n) is 4.75. The van der Waals surface area contributed by atoms with Crippen LogP contribution < -0.4 is 5.48 Å². The van der Waals surface area contributed by atoms with E-state index in [2.05, 4.69) is 0 Å². The molecule has 2 atom stereocenters. The molecule has 0 heterocycles. The summed E-state index contributed by atoms with van der Waals surface area (Å²) in [5, 5.41) is 18.8. The summed E-state index contributed by atoms with van der Waals surface area (Å²) < 4.78 is 24.3. The molecule has 2 unspecified atom stereocenters. The monoisotopic (exact) mass is 361 g/mol. The quantitative estimate of drug-likeness (QED) is 0.570. The smallest absolute Gasteiger partial charge is 0.265 e. The van der Waals surface area contributed by atoms with Crippen LogP contribution in [0.2, 0.25) is 0 Å². The van der Waals surface area contributed by atoms with Crippen LogP contribution >= 0.6 is 0 Å². The zero-order valence-electron chi connectivity index (χ0n) is 13.4. The molecule has 0 saturated heterocycles. The van der Waals surface area contributed by atoms with Crippen LogP contribution in [-0.4, -0.2) is 35.5 Å². The molecule has 3 rings (SSSR count). The van der Waals surface area contributed by atoms with Crippen LogP contribution in [0.1, 0.15) is 19.3 Å². The summed E-state index contributed by atoms with van der Waals surface area (Å²) in [6, 6.07) is 15.8. The summed E-state index contributed by atoms with van der Waals surface area (Å²) in [5.41, 5.74) is 3.26. The molecule has 6 nitrogen and oxygen atoms in total. The molecule has 0 aromatic heterocycles. The Morgan fingerprint density at radius 2 is 1.64 bits per heavy atom. The van der Waals surface area contributed by atoms with Crippen molar-refractivity contribution in [1.82, 2.24) is 5.48 Å². The highest BCUT2D eigenvalue weighted by molar-refractivity contribution is 7.93. The lowest BCUT2D eigenvalue weighted by Gasteiger charge is -2.26. The number of nitrogens with one attached hydrogen (secondary N) is 1. The van der Waals surface area contributed by atoms with Gasteiger partial charge in [0, 0.05) is 6.42 Å². The number of aliphatic hydroxyl groups is 1. The third kappa shape index (κ3) is 2.95. The number of carbonyl (C=O) groups is 1. The predicted octanol–water partition coefficient (Wildman–Crippen LogP) is 1.92. The highest BCUT2D eigenvalue weighted by Gasteiger charge is 2.55. The second-order valence-electron chi connectivity index (χ2n) is 6.23. The first-order chi connectivity index (χ1) is 11.9. The Bertz CT molecular complexity index is 864. The fourth-order valence-electron chi connectivity index (χ4n) is 3.34. The van der Waals surface area contributed by atoms with Gasteiger partial charge in [-0.15, -0.1) is 0 Å². The average molecular weight is 361 g/mol. The van der Waals surface area contributed by atoms with Gasteiger partial charge < -0.3 is 5.11 Å². The molecule has 132 valence electrons. The van der Waals surface area contributed by atoms with Crippen LogP contribution in [0.4, 0.5) is 0 Å². The lowest BCUT2D eigenvalue weighted by molar-refractivity contribution is -0.132. The van der Waals surface area contributed by atoms with Gasteiger partial charge in [0.05, 0.1) is 11.0 Å². The fraction of sp³-hybridized carbons (Fsp3) is 0.278. The molecule has 0 aliphatic heterocycles. The number of rotatable bonds is 4. The van der Waals surface area contributed by atoms with E-state index in [-0.39, 0.29) is 24.2 Å². The molecule has 25 heavy (non-hydrogen) atoms. The number of benzene rings is 2. The molecule has 1 saturated carbocycles. The molecule has 3 N–H and O–H groups in total. The van der Waals surface area contributed by atoms with E-state index in [1.54, 1.807) is 12.1 Å². The van der Waals surface area contributed by atoms with Gasteiger partial charge in [-0.3, -0.25) is 10.0 Å². The minimum absolute atomic E-state index is 0.00937. The Morgan fingerprint density at radius 1 is 1.04 bits per heavy atom. The number of hydrogen-bond donors (Lipinski definition) is 3. The third-order valence-corrected chi connectivity index (χ3v) is 7.23. The summed E-state index contributed by atoms with van der Waals surface area (Å²) in [4.78, 5) is 12.1. The minimum atomic E-state index is -4.08. The van der Waals surface area contributed by atoms with Crippen molar-refractivity contribution < 1.29 is 23.5 Å². The molecule has 1 fully saturated rings. The molecule has 1 aliphatic carbocycles. The normalized spacial score (nSPS) is 23.4. The van der Waals surface area contributed by atoms with Crippen molar-refractivity contribution >= 4 is 15.7 Å². The van der Waals surface area contributed by atoms with Gasteiger partial charge in [-0.1, -0.05) is 42.5 Å². The molecule has 0 spiro atoms. The van der Waals surface area contributed by atoms with Crippen molar-refractivity contribution in [2.45, 2.75) is 35.0 Å². The van der Waals surface area contributed by atoms with Gasteiger partial charge in [-0.05, 0) is 36.1 Å². The molecular formula is C18H19NO5S. The van der Waals surface area contributed by atoms with E-state index in [4.69, 9.17) is 5.21 Å². The summed E-state index contributed by atoms with van der Waals surface area (Å²) >= 11 is 0. The molecular weight excluding hydrogens is 342 g/mol. The predicted molar refractivity (Wildman–Crippen MR) is 91.6 cm³/mol. The largest absolute Gasteiger partial charge is 0.393 e. The SMILES string of the molecule is O=C(NO)C1(S(=O)(=O)c2ccc(-c3ccccc3)cc2)CCC(O)C1. The van der Waals surface area contributed by atoms with E-state index in [1.807, 2.05) is 30.3 Å². The van der Waals surface area contributed by atoms with Crippen molar-refractivity contribution in [2.24, 2.45) is 0 Å². The average Bonchev–Trinajstić information content (AvgIpc) is 3.05. The highest BCUT2D eigenvalue weighted by Crippen LogP contribution is 2.41. The van der Waals surface area contributed by atoms with Crippen molar-refractivity contribution in [3.63, 3.8) is 0 Å². The molecule has 1 aliphatic rings. The number of carbonyl (C=O) groups excluding carboxylic acids is 1. The first kappa shape index (κ1) is 17.6. The summed E-state index contributed by atoms with van der Waals surface area (Å²) in [5.74, 6) is -1.00. The van der Waals surface area contributed by atoms with Crippen molar-refractivity contribution in [3.05, 3.63) is 54.6 Å². The molecule has 2 aromatic carbocycles.